The zero-order valence-electron chi connectivity index (χ0n) is 13.9. The lowest BCUT2D eigenvalue weighted by molar-refractivity contribution is 0.0727. The van der Waals surface area contributed by atoms with E-state index in [1.54, 1.807) is 18.3 Å². The van der Waals surface area contributed by atoms with Gasteiger partial charge in [-0.1, -0.05) is 30.3 Å². The highest BCUT2D eigenvalue weighted by Gasteiger charge is 2.20. The molecule has 1 aromatic carbocycles. The number of aromatic nitrogens is 1. The number of likely N-dealkylation sites (N-methyl/N-ethyl adjacent to an activating group) is 1. The maximum atomic E-state index is 12.9. The van der Waals surface area contributed by atoms with Gasteiger partial charge in [-0.3, -0.25) is 4.79 Å². The average molecular weight is 313 g/mol. The maximum absolute atomic E-state index is 12.9. The molecule has 0 aliphatic rings. The van der Waals surface area contributed by atoms with Gasteiger partial charge in [0.25, 0.3) is 5.91 Å². The van der Waals surface area contributed by atoms with Gasteiger partial charge in [-0.25, -0.2) is 4.98 Å². The molecule has 0 fully saturated rings. The fraction of sp³-hybridized carbons (Fsp3) is 0.333. The highest BCUT2D eigenvalue weighted by molar-refractivity contribution is 5.96. The standard InChI is InChI=1S/C18H23N3O2/c1-20(2)12-13-21(14-15-8-5-4-6-9-15)18(22)16-10-7-11-19-17(16)23-3/h4-11H,12-14H2,1-3H3. The van der Waals surface area contributed by atoms with Crippen LogP contribution in [-0.4, -0.2) is 55.0 Å². The number of benzene rings is 1. The van der Waals surface area contributed by atoms with Gasteiger partial charge >= 0.3 is 0 Å². The largest absolute Gasteiger partial charge is 0.480 e. The van der Waals surface area contributed by atoms with Gasteiger partial charge in [0.15, 0.2) is 0 Å². The van der Waals surface area contributed by atoms with Crippen LogP contribution in [0.15, 0.2) is 48.7 Å². The number of pyridine rings is 1. The highest BCUT2D eigenvalue weighted by Crippen LogP contribution is 2.17. The van der Waals surface area contributed by atoms with Gasteiger partial charge in [0.05, 0.1) is 7.11 Å². The molecule has 5 heteroatoms. The van der Waals surface area contributed by atoms with E-state index < -0.39 is 0 Å². The predicted molar refractivity (Wildman–Crippen MR) is 90.5 cm³/mol. The minimum absolute atomic E-state index is 0.0688. The van der Waals surface area contributed by atoms with Gasteiger partial charge in [0.1, 0.15) is 5.56 Å². The Hall–Kier alpha value is -2.40. The normalized spacial score (nSPS) is 10.6. The second-order valence-corrected chi connectivity index (χ2v) is 5.58. The molecule has 1 heterocycles. The molecule has 0 atom stereocenters. The molecule has 0 spiro atoms. The molecule has 0 bridgehead atoms. The van der Waals surface area contributed by atoms with Crippen LogP contribution >= 0.6 is 0 Å². The Morgan fingerprint density at radius 1 is 1.09 bits per heavy atom. The van der Waals surface area contributed by atoms with Crippen molar-refractivity contribution in [3.05, 3.63) is 59.8 Å². The first-order chi connectivity index (χ1) is 11.1. The number of methoxy groups -OCH3 is 1. The van der Waals surface area contributed by atoms with Crippen molar-refractivity contribution in [2.24, 2.45) is 0 Å². The predicted octanol–water partition coefficient (Wildman–Crippen LogP) is 2.29. The summed E-state index contributed by atoms with van der Waals surface area (Å²) in [5.74, 6) is 0.293. The summed E-state index contributed by atoms with van der Waals surface area (Å²) in [5, 5.41) is 0. The van der Waals surface area contributed by atoms with Crippen LogP contribution in [-0.2, 0) is 6.54 Å². The summed E-state index contributed by atoms with van der Waals surface area (Å²) in [6, 6.07) is 13.5. The van der Waals surface area contributed by atoms with Gasteiger partial charge in [-0.15, -0.1) is 0 Å². The SMILES string of the molecule is COc1ncccc1C(=O)N(CCN(C)C)Cc1ccccc1. The Morgan fingerprint density at radius 2 is 1.83 bits per heavy atom. The molecule has 5 nitrogen and oxygen atoms in total. The molecule has 122 valence electrons. The number of carbonyl (C=O) groups is 1. The molecule has 2 aromatic rings. The van der Waals surface area contributed by atoms with E-state index in [0.717, 1.165) is 12.1 Å². The van der Waals surface area contributed by atoms with E-state index in [1.807, 2.05) is 49.3 Å². The third kappa shape index (κ3) is 4.79. The first kappa shape index (κ1) is 17.0. The van der Waals surface area contributed by atoms with E-state index in [4.69, 9.17) is 4.74 Å². The molecule has 2 rings (SSSR count). The smallest absolute Gasteiger partial charge is 0.259 e. The van der Waals surface area contributed by atoms with E-state index in [2.05, 4.69) is 9.88 Å². The molecular weight excluding hydrogens is 290 g/mol. The second-order valence-electron chi connectivity index (χ2n) is 5.58. The van der Waals surface area contributed by atoms with Crippen molar-refractivity contribution in [2.75, 3.05) is 34.3 Å². The Labute approximate surface area is 137 Å². The van der Waals surface area contributed by atoms with Crippen molar-refractivity contribution in [1.82, 2.24) is 14.8 Å². The van der Waals surface area contributed by atoms with Gasteiger partial charge in [-0.05, 0) is 31.8 Å². The quantitative estimate of drug-likeness (QED) is 0.787. The molecule has 0 N–H and O–H groups in total. The summed E-state index contributed by atoms with van der Waals surface area (Å²) in [4.78, 5) is 20.9. The molecule has 0 saturated carbocycles. The fourth-order valence-corrected chi connectivity index (χ4v) is 2.26. The van der Waals surface area contributed by atoms with Crippen LogP contribution in [0.1, 0.15) is 15.9 Å². The van der Waals surface area contributed by atoms with E-state index in [-0.39, 0.29) is 5.91 Å². The summed E-state index contributed by atoms with van der Waals surface area (Å²) in [6.07, 6.45) is 1.62. The Morgan fingerprint density at radius 3 is 2.48 bits per heavy atom. The zero-order valence-corrected chi connectivity index (χ0v) is 13.9. The lowest BCUT2D eigenvalue weighted by Crippen LogP contribution is -2.36. The first-order valence-corrected chi connectivity index (χ1v) is 7.58. The van der Waals surface area contributed by atoms with Gasteiger partial charge in [-0.2, -0.15) is 0 Å². The number of rotatable bonds is 7. The van der Waals surface area contributed by atoms with Gasteiger partial charge in [0.2, 0.25) is 5.88 Å². The number of amides is 1. The molecule has 0 radical (unpaired) electrons. The molecule has 23 heavy (non-hydrogen) atoms. The monoisotopic (exact) mass is 313 g/mol. The molecule has 1 amide bonds. The van der Waals surface area contributed by atoms with Crippen LogP contribution in [0.25, 0.3) is 0 Å². The topological polar surface area (TPSA) is 45.7 Å². The molecule has 0 aliphatic heterocycles. The fourth-order valence-electron chi connectivity index (χ4n) is 2.26. The van der Waals surface area contributed by atoms with Crippen molar-refractivity contribution in [1.29, 1.82) is 0 Å². The van der Waals surface area contributed by atoms with Crippen molar-refractivity contribution in [2.45, 2.75) is 6.54 Å². The molecule has 1 aromatic heterocycles. The number of nitrogens with zero attached hydrogens (tertiary/aromatic N) is 3. The highest BCUT2D eigenvalue weighted by atomic mass is 16.5. The lowest BCUT2D eigenvalue weighted by Gasteiger charge is -2.25. The molecule has 0 unspecified atom stereocenters. The molecular formula is C18H23N3O2. The van der Waals surface area contributed by atoms with Crippen LogP contribution in [0.5, 0.6) is 5.88 Å². The third-order valence-corrected chi connectivity index (χ3v) is 3.52. The van der Waals surface area contributed by atoms with Crippen molar-refractivity contribution in [3.63, 3.8) is 0 Å². The third-order valence-electron chi connectivity index (χ3n) is 3.52. The minimum Gasteiger partial charge on any atom is -0.480 e. The summed E-state index contributed by atoms with van der Waals surface area (Å²) in [6.45, 7) is 1.99. The number of hydrogen-bond donors (Lipinski definition) is 0. The van der Waals surface area contributed by atoms with Crippen LogP contribution < -0.4 is 4.74 Å². The summed E-state index contributed by atoms with van der Waals surface area (Å²) < 4.78 is 5.22. The molecule has 0 aliphatic carbocycles. The summed E-state index contributed by atoms with van der Waals surface area (Å²) >= 11 is 0. The minimum atomic E-state index is -0.0688. The second kappa shape index (κ2) is 8.29. The number of hydrogen-bond acceptors (Lipinski definition) is 4. The van der Waals surface area contributed by atoms with Crippen LogP contribution in [0, 0.1) is 0 Å². The Bertz CT molecular complexity index is 629. The van der Waals surface area contributed by atoms with Crippen molar-refractivity contribution in [3.8, 4) is 5.88 Å². The van der Waals surface area contributed by atoms with Gasteiger partial charge < -0.3 is 14.5 Å². The van der Waals surface area contributed by atoms with E-state index >= 15 is 0 Å². The van der Waals surface area contributed by atoms with Crippen molar-refractivity contribution < 1.29 is 9.53 Å². The van der Waals surface area contributed by atoms with Crippen molar-refractivity contribution >= 4 is 5.91 Å². The Balaban J connectivity index is 2.23. The number of ether oxygens (including phenoxy) is 1. The van der Waals surface area contributed by atoms with E-state index in [9.17, 15) is 4.79 Å². The lowest BCUT2D eigenvalue weighted by atomic mass is 10.1. The van der Waals surface area contributed by atoms with E-state index in [0.29, 0.717) is 24.5 Å². The maximum Gasteiger partial charge on any atom is 0.259 e. The Kier molecular flexibility index (Phi) is 6.11. The zero-order chi connectivity index (χ0) is 16.7. The average Bonchev–Trinajstić information content (AvgIpc) is 2.58. The van der Waals surface area contributed by atoms with E-state index in [1.165, 1.54) is 7.11 Å². The van der Waals surface area contributed by atoms with Crippen LogP contribution in [0.4, 0.5) is 0 Å². The summed E-state index contributed by atoms with van der Waals surface area (Å²) in [7, 11) is 5.52. The van der Waals surface area contributed by atoms with Crippen LogP contribution in [0.3, 0.4) is 0 Å². The molecule has 0 saturated heterocycles. The van der Waals surface area contributed by atoms with Gasteiger partial charge in [0, 0.05) is 25.8 Å². The van der Waals surface area contributed by atoms with Crippen LogP contribution in [0.2, 0.25) is 0 Å². The summed E-state index contributed by atoms with van der Waals surface area (Å²) in [5.41, 5.74) is 1.59. The number of carbonyl (C=O) groups excluding carboxylic acids is 1. The first-order valence-electron chi connectivity index (χ1n) is 7.58.